The Morgan fingerprint density at radius 3 is 2.53 bits per heavy atom. The number of esters is 1. The maximum atomic E-state index is 12.4. The summed E-state index contributed by atoms with van der Waals surface area (Å²) in [4.78, 5) is 11.4. The van der Waals surface area contributed by atoms with Crippen molar-refractivity contribution in [2.24, 2.45) is 0 Å². The lowest BCUT2D eigenvalue weighted by Crippen LogP contribution is -2.08. The molecule has 1 rings (SSSR count). The van der Waals surface area contributed by atoms with Crippen molar-refractivity contribution in [3.63, 3.8) is 0 Å². The first kappa shape index (κ1) is 15.4. The van der Waals surface area contributed by atoms with Crippen LogP contribution in [0.5, 0.6) is 0 Å². The summed E-state index contributed by atoms with van der Waals surface area (Å²) in [5.74, 6) is -0.741. The normalized spacial score (nSPS) is 10.9. The third-order valence-electron chi connectivity index (χ3n) is 2.37. The van der Waals surface area contributed by atoms with Gasteiger partial charge in [-0.25, -0.2) is 4.79 Å². The molecule has 102 valence electrons. The first-order valence-electron chi connectivity index (χ1n) is 5.24. The number of thioether (sulfide) groups is 1. The zero-order valence-corrected chi connectivity index (χ0v) is 11.0. The highest BCUT2D eigenvalue weighted by Gasteiger charge is 2.31. The van der Waals surface area contributed by atoms with E-state index >= 15 is 0 Å². The van der Waals surface area contributed by atoms with E-state index < -0.39 is 11.5 Å². The maximum absolute atomic E-state index is 12.4. The van der Waals surface area contributed by atoms with E-state index in [0.29, 0.717) is 0 Å². The largest absolute Gasteiger partial charge is 0.465 e. The number of methoxy groups -OCH3 is 1. The molecule has 0 aromatic heterocycles. The lowest BCUT2D eigenvalue weighted by atomic mass is 10.00. The quantitative estimate of drug-likeness (QED) is 0.631. The number of carbonyl (C=O) groups is 1. The molecular weight excluding hydrogens is 279 g/mol. The van der Waals surface area contributed by atoms with E-state index in [1.165, 1.54) is 12.1 Å². The average Bonchev–Trinajstić information content (AvgIpc) is 2.35. The zero-order valence-electron chi connectivity index (χ0n) is 10.2. The van der Waals surface area contributed by atoms with Crippen LogP contribution in [0.2, 0.25) is 0 Å². The summed E-state index contributed by atoms with van der Waals surface area (Å²) in [7, 11) is 1.15. The highest BCUT2D eigenvalue weighted by atomic mass is 32.2. The minimum absolute atomic E-state index is 0.0200. The Hall–Kier alpha value is -1.68. The Balaban J connectivity index is 3.40. The summed E-state index contributed by atoms with van der Waals surface area (Å²) in [5, 5.41) is 9.05. The van der Waals surface area contributed by atoms with Gasteiger partial charge in [0.25, 0.3) is 0 Å². The number of hydrogen-bond donors (Lipinski definition) is 0. The van der Waals surface area contributed by atoms with Gasteiger partial charge in [-0.15, -0.1) is 0 Å². The van der Waals surface area contributed by atoms with Gasteiger partial charge in [0.1, 0.15) is 6.07 Å². The summed E-state index contributed by atoms with van der Waals surface area (Å²) < 4.78 is 41.7. The number of rotatable bonds is 3. The van der Waals surface area contributed by atoms with Gasteiger partial charge in [-0.3, -0.25) is 0 Å². The standard InChI is InChI=1S/C12H10F3NO2S/c1-3-7-9(6-16)8(11(17)18-2)4-5-10(7)19-12(13,14)15/h4-5H,3H2,1-2H3. The lowest BCUT2D eigenvalue weighted by Gasteiger charge is -2.13. The molecule has 0 N–H and O–H groups in total. The van der Waals surface area contributed by atoms with Crippen LogP contribution in [0.3, 0.4) is 0 Å². The molecule has 0 saturated heterocycles. The second-order valence-electron chi connectivity index (χ2n) is 3.47. The Labute approximate surface area is 112 Å². The number of halogens is 3. The van der Waals surface area contributed by atoms with Crippen LogP contribution >= 0.6 is 11.8 Å². The van der Waals surface area contributed by atoms with Gasteiger partial charge in [0.15, 0.2) is 0 Å². The predicted molar refractivity (Wildman–Crippen MR) is 63.8 cm³/mol. The van der Waals surface area contributed by atoms with Crippen LogP contribution in [0.15, 0.2) is 17.0 Å². The van der Waals surface area contributed by atoms with Gasteiger partial charge >= 0.3 is 11.5 Å². The third kappa shape index (κ3) is 3.64. The molecule has 0 aliphatic heterocycles. The van der Waals surface area contributed by atoms with E-state index in [4.69, 9.17) is 5.26 Å². The van der Waals surface area contributed by atoms with E-state index in [9.17, 15) is 18.0 Å². The monoisotopic (exact) mass is 289 g/mol. The van der Waals surface area contributed by atoms with E-state index in [0.717, 1.165) is 7.11 Å². The van der Waals surface area contributed by atoms with Crippen molar-refractivity contribution >= 4 is 17.7 Å². The van der Waals surface area contributed by atoms with Crippen LogP contribution in [0.1, 0.15) is 28.4 Å². The van der Waals surface area contributed by atoms with Gasteiger partial charge in [-0.1, -0.05) is 6.92 Å². The smallest absolute Gasteiger partial charge is 0.446 e. The number of ether oxygens (including phenoxy) is 1. The Kier molecular flexibility index (Phi) is 4.84. The van der Waals surface area contributed by atoms with E-state index in [1.807, 2.05) is 0 Å². The summed E-state index contributed by atoms with van der Waals surface area (Å²) in [6, 6.07) is 4.14. The minimum atomic E-state index is -4.44. The molecule has 0 fully saturated rings. The number of carbonyl (C=O) groups excluding carboxylic acids is 1. The lowest BCUT2D eigenvalue weighted by molar-refractivity contribution is -0.0328. The molecule has 0 amide bonds. The fourth-order valence-corrected chi connectivity index (χ4v) is 2.36. The fraction of sp³-hybridized carbons (Fsp3) is 0.333. The molecular formula is C12H10F3NO2S. The Morgan fingerprint density at radius 1 is 1.47 bits per heavy atom. The highest BCUT2D eigenvalue weighted by molar-refractivity contribution is 8.00. The Morgan fingerprint density at radius 2 is 2.11 bits per heavy atom. The van der Waals surface area contributed by atoms with Crippen LogP contribution in [0, 0.1) is 11.3 Å². The minimum Gasteiger partial charge on any atom is -0.465 e. The molecule has 7 heteroatoms. The van der Waals surface area contributed by atoms with Gasteiger partial charge in [-0.05, 0) is 35.9 Å². The first-order chi connectivity index (χ1) is 8.84. The van der Waals surface area contributed by atoms with Crippen molar-refractivity contribution in [1.29, 1.82) is 5.26 Å². The SMILES string of the molecule is CCc1c(SC(F)(F)F)ccc(C(=O)OC)c1C#N. The van der Waals surface area contributed by atoms with Crippen molar-refractivity contribution in [2.75, 3.05) is 7.11 Å². The van der Waals surface area contributed by atoms with E-state index in [-0.39, 0.29) is 39.8 Å². The number of nitriles is 1. The molecule has 0 radical (unpaired) electrons. The molecule has 0 saturated carbocycles. The Bertz CT molecular complexity index is 535. The maximum Gasteiger partial charge on any atom is 0.446 e. The molecule has 19 heavy (non-hydrogen) atoms. The van der Waals surface area contributed by atoms with Gasteiger partial charge in [0.2, 0.25) is 0 Å². The molecule has 0 bridgehead atoms. The third-order valence-corrected chi connectivity index (χ3v) is 3.20. The topological polar surface area (TPSA) is 50.1 Å². The molecule has 1 aromatic carbocycles. The van der Waals surface area contributed by atoms with Crippen molar-refractivity contribution in [1.82, 2.24) is 0 Å². The van der Waals surface area contributed by atoms with Crippen molar-refractivity contribution in [3.05, 3.63) is 28.8 Å². The van der Waals surface area contributed by atoms with Crippen LogP contribution < -0.4 is 0 Å². The molecule has 0 unspecified atom stereocenters. The first-order valence-corrected chi connectivity index (χ1v) is 6.05. The second kappa shape index (κ2) is 5.97. The fourth-order valence-electron chi connectivity index (χ4n) is 1.61. The van der Waals surface area contributed by atoms with Crippen molar-refractivity contribution in [3.8, 4) is 6.07 Å². The molecule has 3 nitrogen and oxygen atoms in total. The summed E-state index contributed by atoms with van der Waals surface area (Å²) >= 11 is -0.294. The second-order valence-corrected chi connectivity index (χ2v) is 4.58. The average molecular weight is 289 g/mol. The molecule has 0 heterocycles. The summed E-state index contributed by atoms with van der Waals surface area (Å²) in [5.41, 5.74) is -4.33. The van der Waals surface area contributed by atoms with E-state index in [2.05, 4.69) is 4.74 Å². The van der Waals surface area contributed by atoms with Gasteiger partial charge in [0, 0.05) is 4.90 Å². The predicted octanol–water partition coefficient (Wildman–Crippen LogP) is 3.52. The highest BCUT2D eigenvalue weighted by Crippen LogP contribution is 2.40. The van der Waals surface area contributed by atoms with Crippen LogP contribution in [0.25, 0.3) is 0 Å². The van der Waals surface area contributed by atoms with Crippen LogP contribution in [-0.2, 0) is 11.2 Å². The number of alkyl halides is 3. The number of hydrogen-bond acceptors (Lipinski definition) is 4. The van der Waals surface area contributed by atoms with Crippen molar-refractivity contribution < 1.29 is 22.7 Å². The summed E-state index contributed by atoms with van der Waals surface area (Å²) in [6.07, 6.45) is 0.214. The summed E-state index contributed by atoms with van der Waals surface area (Å²) in [6.45, 7) is 1.62. The number of benzene rings is 1. The molecule has 0 aliphatic rings. The van der Waals surface area contributed by atoms with Crippen LogP contribution in [0.4, 0.5) is 13.2 Å². The van der Waals surface area contributed by atoms with Crippen LogP contribution in [-0.4, -0.2) is 18.6 Å². The number of nitrogens with zero attached hydrogens (tertiary/aromatic N) is 1. The molecule has 0 aliphatic carbocycles. The molecule has 1 aromatic rings. The van der Waals surface area contributed by atoms with Gasteiger partial charge in [0.05, 0.1) is 18.2 Å². The molecule has 0 spiro atoms. The van der Waals surface area contributed by atoms with E-state index in [1.54, 1.807) is 13.0 Å². The van der Waals surface area contributed by atoms with Gasteiger partial charge < -0.3 is 4.74 Å². The van der Waals surface area contributed by atoms with Crippen molar-refractivity contribution in [2.45, 2.75) is 23.7 Å². The van der Waals surface area contributed by atoms with Gasteiger partial charge in [-0.2, -0.15) is 18.4 Å². The zero-order chi connectivity index (χ0) is 14.6. The molecule has 0 atom stereocenters.